The second-order valence-corrected chi connectivity index (χ2v) is 3.61. The molecule has 0 saturated carbocycles. The molecule has 16 heavy (non-hydrogen) atoms. The summed E-state index contributed by atoms with van der Waals surface area (Å²) in [5.41, 5.74) is 6.10. The molecule has 1 aromatic carbocycles. The molecule has 0 unspecified atom stereocenters. The second kappa shape index (κ2) is 7.12. The third-order valence-electron chi connectivity index (χ3n) is 1.65. The fraction of sp³-hybridized carbons (Fsp3) is 0.333. The van der Waals surface area contributed by atoms with Gasteiger partial charge < -0.3 is 10.5 Å². The number of ether oxygens (including phenoxy) is 1. The molecule has 1 aromatic rings. The minimum Gasteiger partial charge on any atom is -0.485 e. The normalized spacial score (nSPS) is 10.1. The van der Waals surface area contributed by atoms with Gasteiger partial charge in [-0.15, -0.1) is 12.4 Å². The minimum atomic E-state index is -2.56. The average molecular weight is 293 g/mol. The van der Waals surface area contributed by atoms with Gasteiger partial charge in [-0.25, -0.2) is 8.78 Å². The first kappa shape index (κ1) is 15.7. The molecular weight excluding hydrogens is 282 g/mol. The first-order valence-corrected chi connectivity index (χ1v) is 4.89. The van der Waals surface area contributed by atoms with Crippen molar-refractivity contribution in [3.05, 3.63) is 27.7 Å². The Hall–Kier alpha value is -0.290. The molecular formula is C9H10Cl3F2NO. The SMILES string of the molecule is Cl.NCc1cc(Cl)c(OCC(F)F)c(Cl)c1. The molecule has 0 aliphatic rings. The number of hydrogen-bond acceptors (Lipinski definition) is 2. The van der Waals surface area contributed by atoms with Crippen LogP contribution in [0.1, 0.15) is 5.56 Å². The summed E-state index contributed by atoms with van der Waals surface area (Å²) in [4.78, 5) is 0. The Labute approximate surface area is 108 Å². The molecule has 0 spiro atoms. The van der Waals surface area contributed by atoms with Crippen molar-refractivity contribution >= 4 is 35.6 Å². The molecule has 7 heteroatoms. The highest BCUT2D eigenvalue weighted by molar-refractivity contribution is 6.37. The van der Waals surface area contributed by atoms with Crippen LogP contribution in [0, 0.1) is 0 Å². The van der Waals surface area contributed by atoms with Crippen LogP contribution < -0.4 is 10.5 Å². The fourth-order valence-corrected chi connectivity index (χ4v) is 1.66. The van der Waals surface area contributed by atoms with Crippen LogP contribution in [-0.2, 0) is 6.54 Å². The van der Waals surface area contributed by atoms with E-state index in [4.69, 9.17) is 33.7 Å². The number of rotatable bonds is 4. The second-order valence-electron chi connectivity index (χ2n) is 2.79. The molecule has 0 aromatic heterocycles. The molecule has 0 radical (unpaired) electrons. The Balaban J connectivity index is 0.00000225. The smallest absolute Gasteiger partial charge is 0.272 e. The maximum absolute atomic E-state index is 11.9. The molecule has 0 aliphatic carbocycles. The van der Waals surface area contributed by atoms with Gasteiger partial charge in [0.05, 0.1) is 10.0 Å². The first-order valence-electron chi connectivity index (χ1n) is 4.13. The topological polar surface area (TPSA) is 35.2 Å². The summed E-state index contributed by atoms with van der Waals surface area (Å²) in [6.45, 7) is -0.462. The zero-order chi connectivity index (χ0) is 11.4. The van der Waals surface area contributed by atoms with Crippen molar-refractivity contribution in [1.82, 2.24) is 0 Å². The van der Waals surface area contributed by atoms with Gasteiger partial charge in [-0.1, -0.05) is 23.2 Å². The molecule has 0 saturated heterocycles. The van der Waals surface area contributed by atoms with E-state index in [0.717, 1.165) is 5.56 Å². The monoisotopic (exact) mass is 291 g/mol. The zero-order valence-electron chi connectivity index (χ0n) is 8.05. The Morgan fingerprint density at radius 1 is 1.25 bits per heavy atom. The number of nitrogens with two attached hydrogens (primary N) is 1. The third-order valence-corrected chi connectivity index (χ3v) is 2.21. The van der Waals surface area contributed by atoms with Crippen molar-refractivity contribution in [2.45, 2.75) is 13.0 Å². The van der Waals surface area contributed by atoms with Crippen molar-refractivity contribution in [2.75, 3.05) is 6.61 Å². The van der Waals surface area contributed by atoms with E-state index in [9.17, 15) is 8.78 Å². The molecule has 0 atom stereocenters. The van der Waals surface area contributed by atoms with Gasteiger partial charge in [0.2, 0.25) is 0 Å². The van der Waals surface area contributed by atoms with Crippen molar-refractivity contribution in [3.8, 4) is 5.75 Å². The van der Waals surface area contributed by atoms with Gasteiger partial charge in [0.1, 0.15) is 6.61 Å². The van der Waals surface area contributed by atoms with Crippen LogP contribution in [0.2, 0.25) is 10.0 Å². The zero-order valence-corrected chi connectivity index (χ0v) is 10.4. The Kier molecular flexibility index (Phi) is 6.99. The summed E-state index contributed by atoms with van der Waals surface area (Å²) in [5.74, 6) is 0.0656. The molecule has 2 nitrogen and oxygen atoms in total. The Morgan fingerprint density at radius 2 is 1.75 bits per heavy atom. The van der Waals surface area contributed by atoms with Gasteiger partial charge in [-0.05, 0) is 17.7 Å². The number of hydrogen-bond donors (Lipinski definition) is 1. The molecule has 0 amide bonds. The standard InChI is InChI=1S/C9H9Cl2F2NO.ClH/c10-6-1-5(3-14)2-7(11)9(6)15-4-8(12)13;/h1-2,8H,3-4,14H2;1H. The predicted molar refractivity (Wildman–Crippen MR) is 63.1 cm³/mol. The average Bonchev–Trinajstić information content (AvgIpc) is 2.15. The van der Waals surface area contributed by atoms with E-state index in [1.54, 1.807) is 0 Å². The van der Waals surface area contributed by atoms with Crippen LogP contribution >= 0.6 is 35.6 Å². The molecule has 92 valence electrons. The molecule has 0 aliphatic heterocycles. The molecule has 0 heterocycles. The van der Waals surface area contributed by atoms with Crippen LogP contribution in [0.3, 0.4) is 0 Å². The lowest BCUT2D eigenvalue weighted by atomic mass is 10.2. The third kappa shape index (κ3) is 4.29. The fourth-order valence-electron chi connectivity index (χ4n) is 1.01. The van der Waals surface area contributed by atoms with Gasteiger partial charge in [-0.3, -0.25) is 0 Å². The summed E-state index contributed by atoms with van der Waals surface area (Å²) < 4.78 is 28.6. The first-order chi connectivity index (χ1) is 7.04. The number of benzene rings is 1. The van der Waals surface area contributed by atoms with Crippen molar-refractivity contribution in [1.29, 1.82) is 0 Å². The lowest BCUT2D eigenvalue weighted by Gasteiger charge is -2.10. The van der Waals surface area contributed by atoms with E-state index in [2.05, 4.69) is 0 Å². The largest absolute Gasteiger partial charge is 0.485 e. The number of alkyl halides is 2. The lowest BCUT2D eigenvalue weighted by Crippen LogP contribution is -2.08. The quantitative estimate of drug-likeness (QED) is 0.921. The summed E-state index contributed by atoms with van der Waals surface area (Å²) in [6.07, 6.45) is -2.56. The van der Waals surface area contributed by atoms with E-state index in [-0.39, 0.29) is 34.7 Å². The molecule has 2 N–H and O–H groups in total. The summed E-state index contributed by atoms with van der Waals surface area (Å²) in [5, 5.41) is 0.368. The van der Waals surface area contributed by atoms with Crippen molar-refractivity contribution in [2.24, 2.45) is 5.73 Å². The van der Waals surface area contributed by atoms with Crippen LogP contribution in [0.4, 0.5) is 8.78 Å². The molecule has 0 fully saturated rings. The van der Waals surface area contributed by atoms with E-state index < -0.39 is 13.0 Å². The van der Waals surface area contributed by atoms with E-state index in [1.807, 2.05) is 0 Å². The van der Waals surface area contributed by atoms with Crippen molar-refractivity contribution in [3.63, 3.8) is 0 Å². The molecule has 1 rings (SSSR count). The highest BCUT2D eigenvalue weighted by Gasteiger charge is 2.11. The number of halogens is 5. The van der Waals surface area contributed by atoms with Crippen LogP contribution in [0.5, 0.6) is 5.75 Å². The van der Waals surface area contributed by atoms with E-state index >= 15 is 0 Å². The van der Waals surface area contributed by atoms with Gasteiger partial charge in [-0.2, -0.15) is 0 Å². The summed E-state index contributed by atoms with van der Waals surface area (Å²) in [7, 11) is 0. The van der Waals surface area contributed by atoms with Crippen molar-refractivity contribution < 1.29 is 13.5 Å². The highest BCUT2D eigenvalue weighted by Crippen LogP contribution is 2.34. The Bertz CT molecular complexity index is 327. The van der Waals surface area contributed by atoms with Gasteiger partial charge >= 0.3 is 0 Å². The van der Waals surface area contributed by atoms with Gasteiger partial charge in [0, 0.05) is 6.54 Å². The van der Waals surface area contributed by atoms with E-state index in [1.165, 1.54) is 12.1 Å². The predicted octanol–water partition coefficient (Wildman–Crippen LogP) is 3.52. The molecule has 0 bridgehead atoms. The van der Waals surface area contributed by atoms with Crippen LogP contribution in [0.25, 0.3) is 0 Å². The maximum Gasteiger partial charge on any atom is 0.272 e. The summed E-state index contributed by atoms with van der Waals surface area (Å²) in [6, 6.07) is 3.07. The van der Waals surface area contributed by atoms with Gasteiger partial charge in [0.15, 0.2) is 5.75 Å². The van der Waals surface area contributed by atoms with Crippen LogP contribution in [0.15, 0.2) is 12.1 Å². The minimum absolute atomic E-state index is 0. The maximum atomic E-state index is 11.9. The van der Waals surface area contributed by atoms with E-state index in [0.29, 0.717) is 0 Å². The summed E-state index contributed by atoms with van der Waals surface area (Å²) >= 11 is 11.6. The highest BCUT2D eigenvalue weighted by atomic mass is 35.5. The van der Waals surface area contributed by atoms with Crippen LogP contribution in [-0.4, -0.2) is 13.0 Å². The lowest BCUT2D eigenvalue weighted by molar-refractivity contribution is 0.0820. The van der Waals surface area contributed by atoms with Gasteiger partial charge in [0.25, 0.3) is 6.43 Å². The Morgan fingerprint density at radius 3 is 2.12 bits per heavy atom.